The number of aliphatic imine (C=N–C) groups is 1. The van der Waals surface area contributed by atoms with Gasteiger partial charge in [-0.2, -0.15) is 0 Å². The highest BCUT2D eigenvalue weighted by atomic mass is 127. The number of furan rings is 1. The summed E-state index contributed by atoms with van der Waals surface area (Å²) in [5, 5.41) is 9.87. The molecule has 0 spiro atoms. The zero-order valence-electron chi connectivity index (χ0n) is 14.0. The lowest BCUT2D eigenvalue weighted by Gasteiger charge is -2.11. The largest absolute Gasteiger partial charge is 0.467 e. The van der Waals surface area contributed by atoms with E-state index < -0.39 is 0 Å². The van der Waals surface area contributed by atoms with Crippen molar-refractivity contribution in [2.24, 2.45) is 4.99 Å². The number of guanidine groups is 1. The maximum absolute atomic E-state index is 5.28. The summed E-state index contributed by atoms with van der Waals surface area (Å²) < 4.78 is 5.28. The van der Waals surface area contributed by atoms with Gasteiger partial charge in [-0.1, -0.05) is 6.07 Å². The van der Waals surface area contributed by atoms with Crippen LogP contribution >= 0.6 is 24.0 Å². The van der Waals surface area contributed by atoms with Crippen LogP contribution in [0.25, 0.3) is 0 Å². The summed E-state index contributed by atoms with van der Waals surface area (Å²) in [6.07, 6.45) is 5.59. The molecule has 24 heavy (non-hydrogen) atoms. The number of rotatable bonds is 9. The molecule has 2 heterocycles. The van der Waals surface area contributed by atoms with Gasteiger partial charge in [-0.25, -0.2) is 9.98 Å². The van der Waals surface area contributed by atoms with Gasteiger partial charge in [0.2, 0.25) is 0 Å². The summed E-state index contributed by atoms with van der Waals surface area (Å²) in [5.74, 6) is 2.61. The minimum Gasteiger partial charge on any atom is -0.467 e. The number of anilines is 1. The molecule has 0 atom stereocenters. The van der Waals surface area contributed by atoms with E-state index in [0.29, 0.717) is 6.54 Å². The Hall–Kier alpha value is -1.77. The molecule has 0 aliphatic heterocycles. The highest BCUT2D eigenvalue weighted by Gasteiger charge is 1.99. The van der Waals surface area contributed by atoms with Crippen molar-refractivity contribution in [2.75, 3.05) is 25.0 Å². The van der Waals surface area contributed by atoms with Gasteiger partial charge in [-0.3, -0.25) is 0 Å². The Morgan fingerprint density at radius 3 is 2.71 bits per heavy atom. The highest BCUT2D eigenvalue weighted by molar-refractivity contribution is 14.0. The van der Waals surface area contributed by atoms with Crippen molar-refractivity contribution < 1.29 is 4.42 Å². The molecule has 0 aromatic carbocycles. The van der Waals surface area contributed by atoms with Crippen molar-refractivity contribution in [2.45, 2.75) is 26.3 Å². The molecule has 0 bridgehead atoms. The van der Waals surface area contributed by atoms with E-state index >= 15 is 0 Å². The van der Waals surface area contributed by atoms with Crippen LogP contribution in [0.5, 0.6) is 0 Å². The summed E-state index contributed by atoms with van der Waals surface area (Å²) in [6, 6.07) is 9.67. The average molecular weight is 443 g/mol. The summed E-state index contributed by atoms with van der Waals surface area (Å²) in [4.78, 5) is 8.73. The second kappa shape index (κ2) is 12.6. The molecule has 2 aromatic rings. The van der Waals surface area contributed by atoms with Crippen LogP contribution in [0, 0.1) is 0 Å². The van der Waals surface area contributed by atoms with Crippen LogP contribution in [-0.4, -0.2) is 30.6 Å². The van der Waals surface area contributed by atoms with E-state index in [2.05, 4.69) is 32.9 Å². The number of nitrogens with one attached hydrogen (secondary N) is 3. The number of nitrogens with zero attached hydrogens (tertiary/aromatic N) is 2. The molecule has 0 amide bonds. The van der Waals surface area contributed by atoms with Crippen molar-refractivity contribution >= 4 is 35.8 Å². The van der Waals surface area contributed by atoms with Gasteiger partial charge in [0.05, 0.1) is 6.26 Å². The van der Waals surface area contributed by atoms with E-state index in [-0.39, 0.29) is 24.0 Å². The van der Waals surface area contributed by atoms with E-state index in [0.717, 1.165) is 50.0 Å². The van der Waals surface area contributed by atoms with Crippen LogP contribution in [0.4, 0.5) is 5.82 Å². The number of unbranched alkanes of at least 4 members (excludes halogenated alkanes) is 1. The van der Waals surface area contributed by atoms with Crippen LogP contribution in [-0.2, 0) is 6.54 Å². The maximum Gasteiger partial charge on any atom is 0.191 e. The molecule has 132 valence electrons. The second-order valence-corrected chi connectivity index (χ2v) is 5.05. The lowest BCUT2D eigenvalue weighted by Crippen LogP contribution is -2.37. The normalized spacial score (nSPS) is 10.8. The molecule has 3 N–H and O–H groups in total. The Balaban J connectivity index is 0.00000288. The smallest absolute Gasteiger partial charge is 0.191 e. The van der Waals surface area contributed by atoms with Crippen molar-refractivity contribution in [3.05, 3.63) is 48.6 Å². The molecule has 6 nitrogen and oxygen atoms in total. The van der Waals surface area contributed by atoms with E-state index in [1.807, 2.05) is 30.3 Å². The van der Waals surface area contributed by atoms with E-state index in [1.54, 1.807) is 12.5 Å². The second-order valence-electron chi connectivity index (χ2n) is 5.05. The third-order valence-electron chi connectivity index (χ3n) is 3.18. The van der Waals surface area contributed by atoms with Gasteiger partial charge in [0.1, 0.15) is 18.1 Å². The molecular weight excluding hydrogens is 417 g/mol. The topological polar surface area (TPSA) is 74.5 Å². The number of aromatic nitrogens is 1. The quantitative estimate of drug-likeness (QED) is 0.240. The van der Waals surface area contributed by atoms with Gasteiger partial charge < -0.3 is 20.4 Å². The molecule has 0 unspecified atom stereocenters. The van der Waals surface area contributed by atoms with Gasteiger partial charge in [-0.15, -0.1) is 24.0 Å². The van der Waals surface area contributed by atoms with Gasteiger partial charge in [-0.05, 0) is 44.0 Å². The lowest BCUT2D eigenvalue weighted by atomic mass is 10.3. The predicted octanol–water partition coefficient (Wildman–Crippen LogP) is 3.24. The van der Waals surface area contributed by atoms with E-state index in [9.17, 15) is 0 Å². The number of halogens is 1. The Morgan fingerprint density at radius 2 is 2.00 bits per heavy atom. The fourth-order valence-corrected chi connectivity index (χ4v) is 2.04. The monoisotopic (exact) mass is 443 g/mol. The molecule has 0 aliphatic carbocycles. The molecule has 0 aliphatic rings. The summed E-state index contributed by atoms with van der Waals surface area (Å²) in [7, 11) is 0. The fourth-order valence-electron chi connectivity index (χ4n) is 2.04. The number of hydrogen-bond acceptors (Lipinski definition) is 4. The number of hydrogen-bond donors (Lipinski definition) is 3. The molecule has 0 fully saturated rings. The molecule has 0 radical (unpaired) electrons. The molecule has 0 saturated carbocycles. The van der Waals surface area contributed by atoms with Gasteiger partial charge in [0.25, 0.3) is 0 Å². The third-order valence-corrected chi connectivity index (χ3v) is 3.18. The first kappa shape index (κ1) is 20.3. The Kier molecular flexibility index (Phi) is 10.7. The third kappa shape index (κ3) is 8.19. The van der Waals surface area contributed by atoms with Crippen LogP contribution in [0.15, 0.2) is 52.2 Å². The zero-order valence-corrected chi connectivity index (χ0v) is 16.3. The lowest BCUT2D eigenvalue weighted by molar-refractivity contribution is 0.512. The molecule has 0 saturated heterocycles. The summed E-state index contributed by atoms with van der Waals surface area (Å²) >= 11 is 0. The average Bonchev–Trinajstić information content (AvgIpc) is 3.10. The zero-order chi connectivity index (χ0) is 16.2. The van der Waals surface area contributed by atoms with Crippen LogP contribution in [0.3, 0.4) is 0 Å². The SMILES string of the molecule is CCNC(=NCc1ccco1)NCCCCNc1ccccn1.I. The van der Waals surface area contributed by atoms with Crippen molar-refractivity contribution in [1.29, 1.82) is 0 Å². The van der Waals surface area contributed by atoms with Gasteiger partial charge >= 0.3 is 0 Å². The first-order chi connectivity index (χ1) is 11.4. The highest BCUT2D eigenvalue weighted by Crippen LogP contribution is 2.01. The first-order valence-corrected chi connectivity index (χ1v) is 8.08. The van der Waals surface area contributed by atoms with E-state index in [1.165, 1.54) is 0 Å². The minimum absolute atomic E-state index is 0. The summed E-state index contributed by atoms with van der Waals surface area (Å²) in [6.45, 7) is 5.24. The Morgan fingerprint density at radius 1 is 1.12 bits per heavy atom. The van der Waals surface area contributed by atoms with E-state index in [4.69, 9.17) is 4.42 Å². The van der Waals surface area contributed by atoms with Crippen molar-refractivity contribution in [1.82, 2.24) is 15.6 Å². The Bertz CT molecular complexity index is 560. The number of pyridine rings is 1. The fraction of sp³-hybridized carbons (Fsp3) is 0.412. The van der Waals surface area contributed by atoms with Crippen LogP contribution < -0.4 is 16.0 Å². The molecular formula is C17H26IN5O. The van der Waals surface area contributed by atoms with Gasteiger partial charge in [0, 0.05) is 25.8 Å². The summed E-state index contributed by atoms with van der Waals surface area (Å²) in [5.41, 5.74) is 0. The standard InChI is InChI=1S/C17H25N5O.HI/c1-2-18-17(22-14-15-8-7-13-23-15)21-12-6-5-11-20-16-9-3-4-10-19-16;/h3-4,7-10,13H,2,5-6,11-12,14H2,1H3,(H,19,20)(H2,18,21,22);1H. The molecule has 2 rings (SSSR count). The van der Waals surface area contributed by atoms with Crippen LogP contribution in [0.1, 0.15) is 25.5 Å². The first-order valence-electron chi connectivity index (χ1n) is 8.08. The Labute approximate surface area is 160 Å². The predicted molar refractivity (Wildman–Crippen MR) is 109 cm³/mol. The molecule has 2 aromatic heterocycles. The van der Waals surface area contributed by atoms with Crippen LogP contribution in [0.2, 0.25) is 0 Å². The van der Waals surface area contributed by atoms with Crippen molar-refractivity contribution in [3.8, 4) is 0 Å². The minimum atomic E-state index is 0. The maximum atomic E-state index is 5.28. The van der Waals surface area contributed by atoms with Crippen molar-refractivity contribution in [3.63, 3.8) is 0 Å². The van der Waals surface area contributed by atoms with Gasteiger partial charge in [0.15, 0.2) is 5.96 Å². The molecule has 7 heteroatoms.